The average molecular weight is 680 g/mol. The number of carbonyl (C=O) groups is 1. The smallest absolute Gasteiger partial charge is 0.323 e. The molecule has 51 heavy (non-hydrogen) atoms. The summed E-state index contributed by atoms with van der Waals surface area (Å²) in [4.78, 5) is 37.5. The lowest BCUT2D eigenvalue weighted by atomic mass is 9.93. The molecule has 0 saturated heterocycles. The third-order valence-corrected chi connectivity index (χ3v) is 9.06. The van der Waals surface area contributed by atoms with Gasteiger partial charge in [0.2, 0.25) is 0 Å². The fraction of sp³-hybridized carbons (Fsp3) is 0.256. The van der Waals surface area contributed by atoms with Crippen molar-refractivity contribution in [3.05, 3.63) is 148 Å². The van der Waals surface area contributed by atoms with Crippen molar-refractivity contribution < 1.29 is 9.53 Å². The van der Waals surface area contributed by atoms with Crippen LogP contribution in [0.2, 0.25) is 0 Å². The van der Waals surface area contributed by atoms with Crippen LogP contribution in [-0.4, -0.2) is 27.2 Å². The summed E-state index contributed by atoms with van der Waals surface area (Å²) in [7, 11) is 0. The Bertz CT molecular complexity index is 2130. The predicted molar refractivity (Wildman–Crippen MR) is 207 cm³/mol. The van der Waals surface area contributed by atoms with Gasteiger partial charge in [0.15, 0.2) is 0 Å². The second-order valence-electron chi connectivity index (χ2n) is 13.4. The molecule has 0 saturated carbocycles. The van der Waals surface area contributed by atoms with Crippen molar-refractivity contribution in [1.29, 1.82) is 0 Å². The van der Waals surface area contributed by atoms with E-state index in [0.29, 0.717) is 36.5 Å². The minimum absolute atomic E-state index is 0.183. The number of ether oxygens (including phenoxy) is 1. The Balaban J connectivity index is 1.39. The number of hydrogen-bond acceptors (Lipinski definition) is 5. The molecule has 0 radical (unpaired) electrons. The number of nitrogens with one attached hydrogen (secondary N) is 2. The molecule has 0 spiro atoms. The molecule has 0 bridgehead atoms. The van der Waals surface area contributed by atoms with Gasteiger partial charge in [-0.1, -0.05) is 94.4 Å². The molecule has 0 aliphatic heterocycles. The van der Waals surface area contributed by atoms with E-state index in [2.05, 4.69) is 49.4 Å². The van der Waals surface area contributed by atoms with Crippen molar-refractivity contribution in [1.82, 2.24) is 14.5 Å². The molecule has 8 nitrogen and oxygen atoms in total. The van der Waals surface area contributed by atoms with Gasteiger partial charge in [-0.3, -0.25) is 14.3 Å². The van der Waals surface area contributed by atoms with Gasteiger partial charge in [-0.2, -0.15) is 0 Å². The number of rotatable bonds is 13. The summed E-state index contributed by atoms with van der Waals surface area (Å²) in [5.74, 6) is 1.04. The van der Waals surface area contributed by atoms with Crippen LogP contribution in [0.3, 0.4) is 0 Å². The van der Waals surface area contributed by atoms with E-state index < -0.39 is 6.03 Å². The zero-order chi connectivity index (χ0) is 35.7. The standard InChI is InChI=1S/C43H45N5O3/c1-29(2)35-19-9-20-36(30(3)4)39(35)46-43(50)47-40-38(33-17-8-18-34(27-33)51-26-12-16-32-15-10-23-44-28-32)37-21-11-24-45-41(37)48(42(40)49)25-22-31-13-6-5-7-14-31/h5-11,13-15,17-21,23-24,27-30H,12,16,22,25-26H2,1-4H3,(H2,46,47,50). The second kappa shape index (κ2) is 16.3. The molecule has 3 heterocycles. The molecule has 6 rings (SSSR count). The van der Waals surface area contributed by atoms with E-state index in [0.717, 1.165) is 51.7 Å². The minimum atomic E-state index is -0.482. The summed E-state index contributed by atoms with van der Waals surface area (Å²) in [5.41, 5.74) is 6.85. The third-order valence-electron chi connectivity index (χ3n) is 9.06. The molecule has 6 aromatic rings. The maximum absolute atomic E-state index is 14.6. The van der Waals surface area contributed by atoms with Crippen LogP contribution in [0.25, 0.3) is 22.2 Å². The number of fused-ring (bicyclic) bond motifs is 1. The summed E-state index contributed by atoms with van der Waals surface area (Å²) in [6.45, 7) is 9.34. The number of aromatic nitrogens is 3. The fourth-order valence-electron chi connectivity index (χ4n) is 6.50. The fourth-order valence-corrected chi connectivity index (χ4v) is 6.50. The van der Waals surface area contributed by atoms with Crippen LogP contribution < -0.4 is 20.9 Å². The zero-order valence-corrected chi connectivity index (χ0v) is 29.7. The number of benzene rings is 3. The van der Waals surface area contributed by atoms with Gasteiger partial charge >= 0.3 is 6.03 Å². The Morgan fingerprint density at radius 2 is 1.47 bits per heavy atom. The van der Waals surface area contributed by atoms with E-state index in [4.69, 9.17) is 9.72 Å². The van der Waals surface area contributed by atoms with E-state index >= 15 is 0 Å². The van der Waals surface area contributed by atoms with Crippen LogP contribution in [0.5, 0.6) is 5.75 Å². The first-order chi connectivity index (χ1) is 24.8. The van der Waals surface area contributed by atoms with E-state index in [1.165, 1.54) is 0 Å². The maximum Gasteiger partial charge on any atom is 0.323 e. The summed E-state index contributed by atoms with van der Waals surface area (Å²) in [5, 5.41) is 6.91. The highest BCUT2D eigenvalue weighted by atomic mass is 16.5. The third kappa shape index (κ3) is 8.35. The number of nitrogens with zero attached hydrogens (tertiary/aromatic N) is 3. The molecule has 8 heteroatoms. The molecule has 0 atom stereocenters. The SMILES string of the molecule is CC(C)c1cccc(C(C)C)c1NC(=O)Nc1c(-c2cccc(OCCCc3cccnc3)c2)c2cccnc2n(CCc2ccccc2)c1=O. The molecule has 2 N–H and O–H groups in total. The summed E-state index contributed by atoms with van der Waals surface area (Å²) < 4.78 is 7.86. The maximum atomic E-state index is 14.6. The molecule has 0 aliphatic carbocycles. The molecule has 0 fully saturated rings. The van der Waals surface area contributed by atoms with Crippen LogP contribution in [0.15, 0.2) is 120 Å². The molecule has 2 amide bonds. The summed E-state index contributed by atoms with van der Waals surface area (Å²) >= 11 is 0. The number of hydrogen-bond donors (Lipinski definition) is 2. The van der Waals surface area contributed by atoms with Crippen LogP contribution in [0.1, 0.15) is 68.2 Å². The number of urea groups is 1. The van der Waals surface area contributed by atoms with Gasteiger partial charge in [-0.15, -0.1) is 0 Å². The summed E-state index contributed by atoms with van der Waals surface area (Å²) in [6, 6.07) is 31.1. The lowest BCUT2D eigenvalue weighted by Crippen LogP contribution is -2.30. The van der Waals surface area contributed by atoms with Crippen molar-refractivity contribution in [3.63, 3.8) is 0 Å². The van der Waals surface area contributed by atoms with Gasteiger partial charge in [-0.25, -0.2) is 9.78 Å². The topological polar surface area (TPSA) is 98.1 Å². The molecule has 3 aromatic carbocycles. The van der Waals surface area contributed by atoms with Crippen molar-refractivity contribution in [2.45, 2.75) is 65.3 Å². The number of amides is 2. The van der Waals surface area contributed by atoms with Crippen molar-refractivity contribution >= 4 is 28.4 Å². The Kier molecular flexibility index (Phi) is 11.2. The number of pyridine rings is 3. The van der Waals surface area contributed by atoms with Crippen molar-refractivity contribution in [2.24, 2.45) is 0 Å². The lowest BCUT2D eigenvalue weighted by Gasteiger charge is -2.22. The number of aryl methyl sites for hydroxylation is 3. The Morgan fingerprint density at radius 3 is 2.20 bits per heavy atom. The van der Waals surface area contributed by atoms with Crippen molar-refractivity contribution in [3.8, 4) is 16.9 Å². The zero-order valence-electron chi connectivity index (χ0n) is 29.7. The van der Waals surface area contributed by atoms with Gasteiger partial charge < -0.3 is 15.4 Å². The second-order valence-corrected chi connectivity index (χ2v) is 13.4. The highest BCUT2D eigenvalue weighted by Gasteiger charge is 2.23. The van der Waals surface area contributed by atoms with Crippen LogP contribution >= 0.6 is 0 Å². The molecule has 0 unspecified atom stereocenters. The quantitative estimate of drug-likeness (QED) is 0.119. The summed E-state index contributed by atoms with van der Waals surface area (Å²) in [6.07, 6.45) is 7.64. The van der Waals surface area contributed by atoms with E-state index in [9.17, 15) is 9.59 Å². The van der Waals surface area contributed by atoms with Crippen LogP contribution in [0, 0.1) is 0 Å². The number of carbonyl (C=O) groups excluding carboxylic acids is 1. The largest absolute Gasteiger partial charge is 0.494 e. The van der Waals surface area contributed by atoms with E-state index in [-0.39, 0.29) is 23.1 Å². The highest BCUT2D eigenvalue weighted by molar-refractivity contribution is 6.07. The molecule has 0 aliphatic rings. The molecule has 3 aromatic heterocycles. The van der Waals surface area contributed by atoms with Crippen molar-refractivity contribution in [2.75, 3.05) is 17.2 Å². The Hall–Kier alpha value is -5.76. The van der Waals surface area contributed by atoms with Gasteiger partial charge in [0, 0.05) is 41.8 Å². The van der Waals surface area contributed by atoms with E-state index in [1.807, 2.05) is 97.2 Å². The van der Waals surface area contributed by atoms with Gasteiger partial charge in [-0.05, 0) is 89.2 Å². The lowest BCUT2D eigenvalue weighted by molar-refractivity contribution is 0.262. The predicted octanol–water partition coefficient (Wildman–Crippen LogP) is 9.60. The number of para-hydroxylation sites is 1. The molecular formula is C43H45N5O3. The monoisotopic (exact) mass is 679 g/mol. The first-order valence-electron chi connectivity index (χ1n) is 17.7. The van der Waals surface area contributed by atoms with Gasteiger partial charge in [0.25, 0.3) is 5.56 Å². The first-order valence-corrected chi connectivity index (χ1v) is 17.7. The normalized spacial score (nSPS) is 11.3. The average Bonchev–Trinajstić information content (AvgIpc) is 3.14. The Morgan fingerprint density at radius 1 is 0.765 bits per heavy atom. The molecule has 260 valence electrons. The minimum Gasteiger partial charge on any atom is -0.494 e. The highest BCUT2D eigenvalue weighted by Crippen LogP contribution is 2.36. The first kappa shape index (κ1) is 35.1. The van der Waals surface area contributed by atoms with Crippen LogP contribution in [-0.2, 0) is 19.4 Å². The Labute approximate surface area is 299 Å². The van der Waals surface area contributed by atoms with Gasteiger partial charge in [0.05, 0.1) is 6.61 Å². The van der Waals surface area contributed by atoms with Crippen LogP contribution in [0.4, 0.5) is 16.2 Å². The van der Waals surface area contributed by atoms with Gasteiger partial charge in [0.1, 0.15) is 17.1 Å². The van der Waals surface area contributed by atoms with E-state index in [1.54, 1.807) is 17.0 Å². The molecular weight excluding hydrogens is 635 g/mol. The number of anilines is 2.